The number of aromatic nitrogens is 5. The largest absolute Gasteiger partial charge is 0.388 e. The van der Waals surface area contributed by atoms with Crippen molar-refractivity contribution in [1.82, 2.24) is 28.8 Å². The van der Waals surface area contributed by atoms with Gasteiger partial charge >= 0.3 is 0 Å². The molecule has 0 radical (unpaired) electrons. The molecule has 0 aliphatic heterocycles. The third kappa shape index (κ3) is 8.80. The standard InChI is InChI=1S/C29H33BrN12O5.ClH/c1-15(30)25(43)37-24-11-22(42(5)38-24)29(47)36-18-10-21(41(4)14-18)28(46)35-17-9-20(40(3)13-17)27(45)34-16-8-19(39(2)12-16)26(44)33-7-6-23(31)32;/h8-14H,1,6-7H2,2-5H3,(H3,31,32)(H,33,44)(H,34,45)(H,35,46)(H,36,47)(H,37,38,43);1H. The van der Waals surface area contributed by atoms with E-state index in [4.69, 9.17) is 11.1 Å². The van der Waals surface area contributed by atoms with Crippen LogP contribution < -0.4 is 32.3 Å². The van der Waals surface area contributed by atoms with Crippen molar-refractivity contribution in [2.45, 2.75) is 6.42 Å². The first-order valence-corrected chi connectivity index (χ1v) is 14.7. The molecule has 0 saturated heterocycles. The summed E-state index contributed by atoms with van der Waals surface area (Å²) in [5.41, 5.74) is 7.32. The topological polar surface area (TPSA) is 228 Å². The lowest BCUT2D eigenvalue weighted by molar-refractivity contribution is -0.112. The third-order valence-corrected chi connectivity index (χ3v) is 7.13. The van der Waals surface area contributed by atoms with Gasteiger partial charge in [-0.3, -0.25) is 34.1 Å². The van der Waals surface area contributed by atoms with Gasteiger partial charge < -0.3 is 46.0 Å². The average molecular weight is 746 g/mol. The van der Waals surface area contributed by atoms with Crippen LogP contribution in [-0.2, 0) is 33.0 Å². The molecule has 19 heteroatoms. The van der Waals surface area contributed by atoms with Crippen LogP contribution in [-0.4, -0.2) is 65.4 Å². The minimum absolute atomic E-state index is 0. The summed E-state index contributed by atoms with van der Waals surface area (Å²) in [7, 11) is 6.48. The number of nitrogens with zero attached hydrogens (tertiary/aromatic N) is 5. The van der Waals surface area contributed by atoms with Crippen molar-refractivity contribution < 1.29 is 24.0 Å². The number of rotatable bonds is 12. The summed E-state index contributed by atoms with van der Waals surface area (Å²) in [5.74, 6) is -2.25. The number of hydrogen-bond acceptors (Lipinski definition) is 7. The van der Waals surface area contributed by atoms with Gasteiger partial charge in [0.15, 0.2) is 5.82 Å². The van der Waals surface area contributed by atoms with E-state index in [1.54, 1.807) is 51.3 Å². The molecule has 0 saturated carbocycles. The normalized spacial score (nSPS) is 10.4. The maximum atomic E-state index is 13.1. The number of aryl methyl sites for hydroxylation is 4. The van der Waals surface area contributed by atoms with Crippen molar-refractivity contribution in [1.29, 1.82) is 5.41 Å². The average Bonchev–Trinajstić information content (AvgIpc) is 3.73. The van der Waals surface area contributed by atoms with Gasteiger partial charge in [-0.1, -0.05) is 6.58 Å². The molecule has 0 fully saturated rings. The second kappa shape index (κ2) is 15.3. The van der Waals surface area contributed by atoms with Crippen LogP contribution in [0.4, 0.5) is 22.9 Å². The molecule has 8 N–H and O–H groups in total. The molecule has 4 aromatic rings. The number of amides is 5. The van der Waals surface area contributed by atoms with Crippen LogP contribution in [0, 0.1) is 5.41 Å². The number of carbonyl (C=O) groups is 5. The van der Waals surface area contributed by atoms with Gasteiger partial charge in [0.05, 0.1) is 27.4 Å². The van der Waals surface area contributed by atoms with E-state index in [1.807, 2.05) is 0 Å². The first-order valence-electron chi connectivity index (χ1n) is 13.9. The van der Waals surface area contributed by atoms with Gasteiger partial charge in [-0.2, -0.15) is 5.10 Å². The van der Waals surface area contributed by atoms with E-state index < -0.39 is 23.6 Å². The van der Waals surface area contributed by atoms with Gasteiger partial charge in [0.2, 0.25) is 0 Å². The fourth-order valence-corrected chi connectivity index (χ4v) is 4.59. The van der Waals surface area contributed by atoms with Crippen molar-refractivity contribution in [3.63, 3.8) is 0 Å². The highest BCUT2D eigenvalue weighted by Gasteiger charge is 2.20. The molecule has 5 amide bonds. The Bertz CT molecular complexity index is 1930. The molecule has 0 aliphatic carbocycles. The molecule has 4 aromatic heterocycles. The summed E-state index contributed by atoms with van der Waals surface area (Å²) in [6.07, 6.45) is 4.94. The van der Waals surface area contributed by atoms with E-state index in [0.29, 0.717) is 22.8 Å². The molecule has 0 aliphatic rings. The summed E-state index contributed by atoms with van der Waals surface area (Å²) in [5, 5.41) is 24.7. The number of amidine groups is 1. The Morgan fingerprint density at radius 2 is 1.17 bits per heavy atom. The monoisotopic (exact) mass is 744 g/mol. The van der Waals surface area contributed by atoms with E-state index in [0.717, 1.165) is 0 Å². The second-order valence-electron chi connectivity index (χ2n) is 10.5. The minimum atomic E-state index is -0.520. The predicted molar refractivity (Wildman–Crippen MR) is 186 cm³/mol. The minimum Gasteiger partial charge on any atom is -0.388 e. The summed E-state index contributed by atoms with van der Waals surface area (Å²) in [6.45, 7) is 3.70. The fourth-order valence-electron chi connectivity index (χ4n) is 4.49. The highest BCUT2D eigenvalue weighted by atomic mass is 79.9. The van der Waals surface area contributed by atoms with Crippen LogP contribution in [0.3, 0.4) is 0 Å². The number of halogens is 2. The maximum Gasteiger partial charge on any atom is 0.274 e. The quantitative estimate of drug-likeness (QED) is 0.0651. The van der Waals surface area contributed by atoms with Crippen molar-refractivity contribution in [2.75, 3.05) is 27.8 Å². The lowest BCUT2D eigenvalue weighted by Crippen LogP contribution is -2.28. The zero-order chi connectivity index (χ0) is 34.6. The first-order chi connectivity index (χ1) is 22.1. The van der Waals surface area contributed by atoms with E-state index >= 15 is 0 Å². The van der Waals surface area contributed by atoms with E-state index in [-0.39, 0.29) is 64.5 Å². The van der Waals surface area contributed by atoms with Gasteiger partial charge in [0.25, 0.3) is 29.5 Å². The van der Waals surface area contributed by atoms with E-state index in [1.165, 1.54) is 38.1 Å². The number of nitrogens with one attached hydrogen (secondary N) is 6. The van der Waals surface area contributed by atoms with Crippen LogP contribution >= 0.6 is 28.3 Å². The molecule has 0 atom stereocenters. The van der Waals surface area contributed by atoms with Gasteiger partial charge in [-0.25, -0.2) is 0 Å². The lowest BCUT2D eigenvalue weighted by Gasteiger charge is -2.04. The molecule has 48 heavy (non-hydrogen) atoms. The lowest BCUT2D eigenvalue weighted by atomic mass is 10.3. The number of anilines is 4. The summed E-state index contributed by atoms with van der Waals surface area (Å²) >= 11 is 2.98. The fraction of sp³-hybridized carbons (Fsp3) is 0.207. The van der Waals surface area contributed by atoms with Gasteiger partial charge in [-0.15, -0.1) is 12.4 Å². The maximum absolute atomic E-state index is 13.1. The Kier molecular flexibility index (Phi) is 11.8. The molecule has 254 valence electrons. The predicted octanol–water partition coefficient (Wildman–Crippen LogP) is 2.52. The van der Waals surface area contributed by atoms with E-state index in [2.05, 4.69) is 54.2 Å². The molecule has 17 nitrogen and oxygen atoms in total. The van der Waals surface area contributed by atoms with Crippen LogP contribution in [0.15, 0.2) is 53.9 Å². The summed E-state index contributed by atoms with van der Waals surface area (Å²) in [6, 6.07) is 5.91. The van der Waals surface area contributed by atoms with Crippen LogP contribution in [0.1, 0.15) is 48.4 Å². The number of nitrogens with two attached hydrogens (primary N) is 1. The SMILES string of the molecule is C=C(Br)C(=O)Nc1cc(C(=O)Nc2cc(C(=O)Nc3cc(C(=O)Nc4cc(C(=O)NCCC(=N)N)n(C)c4)n(C)c3)n(C)c2)n(C)n1.Cl. The van der Waals surface area contributed by atoms with Gasteiger partial charge in [0.1, 0.15) is 22.8 Å². The molecule has 0 aromatic carbocycles. The van der Waals surface area contributed by atoms with E-state index in [9.17, 15) is 24.0 Å². The zero-order valence-corrected chi connectivity index (χ0v) is 28.7. The van der Waals surface area contributed by atoms with Gasteiger partial charge in [0, 0.05) is 65.8 Å². The molecular weight excluding hydrogens is 712 g/mol. The van der Waals surface area contributed by atoms with Crippen molar-refractivity contribution in [2.24, 2.45) is 33.9 Å². The van der Waals surface area contributed by atoms with Crippen LogP contribution in [0.5, 0.6) is 0 Å². The smallest absolute Gasteiger partial charge is 0.274 e. The number of carbonyl (C=O) groups excluding carboxylic acids is 5. The molecule has 0 spiro atoms. The zero-order valence-electron chi connectivity index (χ0n) is 26.3. The number of hydrogen-bond donors (Lipinski definition) is 7. The molecule has 0 unspecified atom stereocenters. The highest BCUT2D eigenvalue weighted by molar-refractivity contribution is 9.12. The van der Waals surface area contributed by atoms with Gasteiger partial charge in [-0.05, 0) is 34.1 Å². The van der Waals surface area contributed by atoms with Crippen LogP contribution in [0.2, 0.25) is 0 Å². The molecule has 4 heterocycles. The van der Waals surface area contributed by atoms with Crippen molar-refractivity contribution in [3.8, 4) is 0 Å². The Morgan fingerprint density at radius 3 is 1.58 bits per heavy atom. The Morgan fingerprint density at radius 1 is 0.750 bits per heavy atom. The molecule has 4 rings (SSSR count). The highest BCUT2D eigenvalue weighted by Crippen LogP contribution is 2.20. The summed E-state index contributed by atoms with van der Waals surface area (Å²) < 4.78 is 6.03. The Labute approximate surface area is 288 Å². The van der Waals surface area contributed by atoms with Crippen molar-refractivity contribution >= 4 is 86.6 Å². The van der Waals surface area contributed by atoms with Crippen LogP contribution in [0.25, 0.3) is 0 Å². The summed E-state index contributed by atoms with van der Waals surface area (Å²) in [4.78, 5) is 63.4. The third-order valence-electron chi connectivity index (χ3n) is 6.77. The van der Waals surface area contributed by atoms with Crippen molar-refractivity contribution in [3.05, 3.63) is 76.7 Å². The Balaban J connectivity index is 0.00000625. The second-order valence-corrected chi connectivity index (χ2v) is 11.4. The molecule has 0 bridgehead atoms. The first kappa shape index (κ1) is 36.8. The molecular formula is C29H34BrClN12O5. The Hall–Kier alpha value is -5.62.